The molecule has 2 N–H and O–H groups in total. The first-order chi connectivity index (χ1) is 10.8. The van der Waals surface area contributed by atoms with E-state index in [9.17, 15) is 10.2 Å². The number of halogens is 3. The van der Waals surface area contributed by atoms with E-state index in [1.54, 1.807) is 12.1 Å². The molecule has 2 aromatic carbocycles. The molecule has 0 amide bonds. The summed E-state index contributed by atoms with van der Waals surface area (Å²) in [5.41, 5.74) is 2.52. The highest BCUT2D eigenvalue weighted by Gasteiger charge is 2.38. The highest BCUT2D eigenvalue weighted by molar-refractivity contribution is 6.37. The van der Waals surface area contributed by atoms with E-state index in [-0.39, 0.29) is 27.0 Å². The van der Waals surface area contributed by atoms with Gasteiger partial charge in [0.05, 0.1) is 15.1 Å². The fourth-order valence-corrected chi connectivity index (χ4v) is 4.33. The Bertz CT molecular complexity index is 659. The Morgan fingerprint density at radius 3 is 1.70 bits per heavy atom. The van der Waals surface area contributed by atoms with Gasteiger partial charge in [-0.15, -0.1) is 0 Å². The van der Waals surface area contributed by atoms with Crippen molar-refractivity contribution in [2.45, 2.75) is 38.0 Å². The summed E-state index contributed by atoms with van der Waals surface area (Å²) in [5, 5.41) is 20.6. The Hall–Kier alpha value is -1.09. The summed E-state index contributed by atoms with van der Waals surface area (Å²) in [4.78, 5) is 0. The van der Waals surface area contributed by atoms with Gasteiger partial charge in [0.1, 0.15) is 5.75 Å². The third-order valence-electron chi connectivity index (χ3n) is 4.83. The van der Waals surface area contributed by atoms with Crippen molar-refractivity contribution in [1.82, 2.24) is 0 Å². The number of hydrogen-bond donors (Lipinski definition) is 2. The first-order valence-electron chi connectivity index (χ1n) is 7.53. The molecule has 0 unspecified atom stereocenters. The molecule has 0 heterocycles. The minimum Gasteiger partial charge on any atom is -0.506 e. The average Bonchev–Trinajstić information content (AvgIpc) is 3.00. The zero-order valence-corrected chi connectivity index (χ0v) is 14.9. The number of aryl methyl sites for hydroxylation is 1. The largest absolute Gasteiger partial charge is 0.506 e. The zero-order valence-electron chi connectivity index (χ0n) is 12.7. The predicted molar refractivity (Wildman–Crippen MR) is 95.2 cm³/mol. The van der Waals surface area contributed by atoms with Gasteiger partial charge in [-0.3, -0.25) is 0 Å². The Kier molecular flexibility index (Phi) is 4.43. The van der Waals surface area contributed by atoms with Crippen molar-refractivity contribution in [3.8, 4) is 11.5 Å². The molecule has 5 heteroatoms. The van der Waals surface area contributed by atoms with Crippen LogP contribution in [0.25, 0.3) is 0 Å². The first kappa shape index (κ1) is 16.8. The molecule has 0 bridgehead atoms. The van der Waals surface area contributed by atoms with Crippen LogP contribution in [0.5, 0.6) is 11.5 Å². The van der Waals surface area contributed by atoms with Crippen molar-refractivity contribution in [2.75, 3.05) is 0 Å². The molecule has 0 aliphatic heterocycles. The van der Waals surface area contributed by atoms with Crippen LogP contribution in [0.15, 0.2) is 24.3 Å². The predicted octanol–water partition coefficient (Wildman–Crippen LogP) is 6.23. The number of phenolic OH excluding ortho intramolecular Hbond substituents is 2. The minimum atomic E-state index is -0.247. The molecule has 0 radical (unpaired) electrons. The van der Waals surface area contributed by atoms with Gasteiger partial charge in [-0.25, -0.2) is 0 Å². The molecule has 0 atom stereocenters. The topological polar surface area (TPSA) is 40.5 Å². The Labute approximate surface area is 150 Å². The van der Waals surface area contributed by atoms with Gasteiger partial charge in [0, 0.05) is 5.41 Å². The molecule has 122 valence electrons. The lowest BCUT2D eigenvalue weighted by Crippen LogP contribution is -2.24. The molecule has 3 rings (SSSR count). The van der Waals surface area contributed by atoms with Gasteiger partial charge in [-0.05, 0) is 54.7 Å². The molecule has 23 heavy (non-hydrogen) atoms. The van der Waals surface area contributed by atoms with E-state index < -0.39 is 0 Å². The number of rotatable bonds is 2. The molecule has 1 fully saturated rings. The quantitative estimate of drug-likeness (QED) is 0.657. The van der Waals surface area contributed by atoms with Crippen molar-refractivity contribution >= 4 is 34.8 Å². The van der Waals surface area contributed by atoms with Crippen molar-refractivity contribution in [2.24, 2.45) is 0 Å². The number of phenols is 2. The summed E-state index contributed by atoms with van der Waals surface area (Å²) in [7, 11) is 0. The van der Waals surface area contributed by atoms with E-state index in [0.29, 0.717) is 5.02 Å². The summed E-state index contributed by atoms with van der Waals surface area (Å²) >= 11 is 18.5. The molecular weight excluding hydrogens is 355 g/mol. The van der Waals surface area contributed by atoms with Gasteiger partial charge in [0.15, 0.2) is 5.75 Å². The highest BCUT2D eigenvalue weighted by atomic mass is 35.5. The highest BCUT2D eigenvalue weighted by Crippen LogP contribution is 2.50. The van der Waals surface area contributed by atoms with Gasteiger partial charge in [-0.1, -0.05) is 53.7 Å². The summed E-state index contributed by atoms with van der Waals surface area (Å²) in [5.74, 6) is 0.0236. The van der Waals surface area contributed by atoms with E-state index in [2.05, 4.69) is 0 Å². The second kappa shape index (κ2) is 6.08. The molecule has 2 nitrogen and oxygen atoms in total. The molecule has 0 spiro atoms. The van der Waals surface area contributed by atoms with Crippen LogP contribution in [0.1, 0.15) is 42.4 Å². The standard InChI is InChI=1S/C18H17Cl3O2/c1-10-6-11(7-13(19)16(10)22)18(4-2-3-5-18)12-8-14(20)17(23)15(21)9-12/h6-9,22-23H,2-5H2,1H3. The van der Waals surface area contributed by atoms with Crippen LogP contribution in [0.2, 0.25) is 15.1 Å². The SMILES string of the molecule is Cc1cc(C2(c3cc(Cl)c(O)c(Cl)c3)CCCC2)cc(Cl)c1O. The van der Waals surface area contributed by atoms with Crippen molar-refractivity contribution in [3.05, 3.63) is 56.0 Å². The van der Waals surface area contributed by atoms with Crippen molar-refractivity contribution in [1.29, 1.82) is 0 Å². The van der Waals surface area contributed by atoms with E-state index >= 15 is 0 Å². The molecule has 2 aromatic rings. The number of hydrogen-bond acceptors (Lipinski definition) is 2. The van der Waals surface area contributed by atoms with Gasteiger partial charge in [0.2, 0.25) is 0 Å². The minimum absolute atomic E-state index is 0.0925. The van der Waals surface area contributed by atoms with E-state index in [1.165, 1.54) is 0 Å². The van der Waals surface area contributed by atoms with Crippen LogP contribution >= 0.6 is 34.8 Å². The van der Waals surface area contributed by atoms with Gasteiger partial charge in [-0.2, -0.15) is 0 Å². The summed E-state index contributed by atoms with van der Waals surface area (Å²) in [6, 6.07) is 7.36. The molecule has 1 saturated carbocycles. The monoisotopic (exact) mass is 370 g/mol. The Morgan fingerprint density at radius 1 is 0.783 bits per heavy atom. The number of benzene rings is 2. The smallest absolute Gasteiger partial charge is 0.152 e. The van der Waals surface area contributed by atoms with Crippen LogP contribution in [-0.4, -0.2) is 10.2 Å². The van der Waals surface area contributed by atoms with Crippen LogP contribution in [0.3, 0.4) is 0 Å². The van der Waals surface area contributed by atoms with Gasteiger partial charge in [0.25, 0.3) is 0 Å². The van der Waals surface area contributed by atoms with Crippen LogP contribution in [0, 0.1) is 6.92 Å². The van der Waals surface area contributed by atoms with Crippen LogP contribution in [-0.2, 0) is 5.41 Å². The number of aromatic hydroxyl groups is 2. The maximum atomic E-state index is 9.95. The maximum Gasteiger partial charge on any atom is 0.152 e. The van der Waals surface area contributed by atoms with E-state index in [4.69, 9.17) is 34.8 Å². The molecular formula is C18H17Cl3O2. The summed E-state index contributed by atoms with van der Waals surface area (Å²) in [6.07, 6.45) is 4.08. The third-order valence-corrected chi connectivity index (χ3v) is 5.70. The lowest BCUT2D eigenvalue weighted by Gasteiger charge is -2.31. The van der Waals surface area contributed by atoms with Crippen LogP contribution in [0.4, 0.5) is 0 Å². The normalized spacial score (nSPS) is 16.7. The second-order valence-electron chi connectivity index (χ2n) is 6.20. The summed E-state index contributed by atoms with van der Waals surface area (Å²) < 4.78 is 0. The first-order valence-corrected chi connectivity index (χ1v) is 8.66. The fourth-order valence-electron chi connectivity index (χ4n) is 3.58. The van der Waals surface area contributed by atoms with Crippen molar-refractivity contribution in [3.63, 3.8) is 0 Å². The molecule has 1 aliphatic carbocycles. The molecule has 1 aliphatic rings. The van der Waals surface area contributed by atoms with Crippen LogP contribution < -0.4 is 0 Å². The van der Waals surface area contributed by atoms with Gasteiger partial charge < -0.3 is 10.2 Å². The lowest BCUT2D eigenvalue weighted by atomic mass is 9.73. The van der Waals surface area contributed by atoms with E-state index in [0.717, 1.165) is 42.4 Å². The van der Waals surface area contributed by atoms with Crippen molar-refractivity contribution < 1.29 is 10.2 Å². The summed E-state index contributed by atoms with van der Waals surface area (Å²) in [6.45, 7) is 1.84. The van der Waals surface area contributed by atoms with Gasteiger partial charge >= 0.3 is 0 Å². The van der Waals surface area contributed by atoms with E-state index in [1.807, 2.05) is 19.1 Å². The third kappa shape index (κ3) is 2.77. The fraction of sp³-hybridized carbons (Fsp3) is 0.333. The maximum absolute atomic E-state index is 9.95. The lowest BCUT2D eigenvalue weighted by molar-refractivity contribution is 0.468. The zero-order chi connectivity index (χ0) is 16.8. The molecule has 0 saturated heterocycles. The Morgan fingerprint density at radius 2 is 1.22 bits per heavy atom. The molecule has 0 aromatic heterocycles. The second-order valence-corrected chi connectivity index (χ2v) is 7.42. The Balaban J connectivity index is 2.22. The average molecular weight is 372 g/mol.